The smallest absolute Gasteiger partial charge is 0.223 e. The highest BCUT2D eigenvalue weighted by Gasteiger charge is 2.14. The van der Waals surface area contributed by atoms with E-state index in [1.165, 1.54) is 0 Å². The van der Waals surface area contributed by atoms with Crippen LogP contribution in [0.5, 0.6) is 0 Å². The van der Waals surface area contributed by atoms with Crippen LogP contribution in [0.15, 0.2) is 0 Å². The fraction of sp³-hybridized carbons (Fsp3) is 0.889. The largest absolute Gasteiger partial charge is 0.380 e. The summed E-state index contributed by atoms with van der Waals surface area (Å²) in [5.74, 6) is 0.240. The van der Waals surface area contributed by atoms with Gasteiger partial charge in [0.1, 0.15) is 0 Å². The number of nitrogens with zero attached hydrogens (tertiary/aromatic N) is 1. The van der Waals surface area contributed by atoms with Crippen LogP contribution in [0.2, 0.25) is 0 Å². The second-order valence-electron chi connectivity index (χ2n) is 3.08. The van der Waals surface area contributed by atoms with Crippen molar-refractivity contribution < 1.29 is 9.53 Å². The van der Waals surface area contributed by atoms with Crippen LogP contribution in [0.1, 0.15) is 13.3 Å². The Kier molecular flexibility index (Phi) is 7.84. The number of nitrogens with one attached hydrogen (secondary N) is 1. The van der Waals surface area contributed by atoms with Gasteiger partial charge in [-0.2, -0.15) is 0 Å². The first kappa shape index (κ1) is 13.7. The maximum Gasteiger partial charge on any atom is 0.223 e. The van der Waals surface area contributed by atoms with Crippen LogP contribution in [0.3, 0.4) is 0 Å². The lowest BCUT2D eigenvalue weighted by Gasteiger charge is -2.19. The summed E-state index contributed by atoms with van der Waals surface area (Å²) in [7, 11) is 0. The van der Waals surface area contributed by atoms with Gasteiger partial charge >= 0.3 is 0 Å². The average molecular weight is 223 g/mol. The number of carbonyl (C=O) groups is 1. The summed E-state index contributed by atoms with van der Waals surface area (Å²) in [4.78, 5) is 13.3. The van der Waals surface area contributed by atoms with E-state index in [9.17, 15) is 4.79 Å². The molecule has 1 fully saturated rings. The van der Waals surface area contributed by atoms with Crippen molar-refractivity contribution in [2.75, 3.05) is 39.4 Å². The lowest BCUT2D eigenvalue weighted by atomic mass is 10.4. The summed E-state index contributed by atoms with van der Waals surface area (Å²) in [6, 6.07) is 0. The minimum atomic E-state index is 0. The Balaban J connectivity index is 0.00000169. The lowest BCUT2D eigenvalue weighted by molar-refractivity contribution is -0.131. The zero-order valence-electron chi connectivity index (χ0n) is 8.62. The van der Waals surface area contributed by atoms with Gasteiger partial charge in [0.2, 0.25) is 5.91 Å². The van der Waals surface area contributed by atoms with E-state index >= 15 is 0 Å². The Morgan fingerprint density at radius 1 is 1.50 bits per heavy atom. The highest BCUT2D eigenvalue weighted by molar-refractivity contribution is 5.85. The molecule has 1 saturated heterocycles. The van der Waals surface area contributed by atoms with E-state index < -0.39 is 0 Å². The molecule has 0 aliphatic carbocycles. The fourth-order valence-corrected chi connectivity index (χ4v) is 1.37. The number of halogens is 1. The van der Waals surface area contributed by atoms with Crippen LogP contribution in [0, 0.1) is 0 Å². The van der Waals surface area contributed by atoms with E-state index in [0.29, 0.717) is 13.0 Å². The Bertz CT molecular complexity index is 167. The van der Waals surface area contributed by atoms with Crippen molar-refractivity contribution >= 4 is 18.3 Å². The van der Waals surface area contributed by atoms with Gasteiger partial charge in [-0.15, -0.1) is 12.4 Å². The third kappa shape index (κ3) is 4.79. The first-order valence-electron chi connectivity index (χ1n) is 4.91. The molecule has 1 aliphatic rings. The molecule has 0 aromatic rings. The molecule has 1 rings (SSSR count). The van der Waals surface area contributed by atoms with Crippen LogP contribution in [-0.2, 0) is 9.53 Å². The molecule has 5 heteroatoms. The third-order valence-electron chi connectivity index (χ3n) is 2.14. The quantitative estimate of drug-likeness (QED) is 0.695. The van der Waals surface area contributed by atoms with Gasteiger partial charge in [0, 0.05) is 39.2 Å². The first-order chi connectivity index (χ1) is 6.34. The Morgan fingerprint density at radius 2 is 2.29 bits per heavy atom. The molecule has 14 heavy (non-hydrogen) atoms. The molecule has 0 spiro atoms. The molecule has 0 atom stereocenters. The molecule has 0 saturated carbocycles. The summed E-state index contributed by atoms with van der Waals surface area (Å²) in [5, 5.41) is 3.19. The first-order valence-corrected chi connectivity index (χ1v) is 4.91. The molecular weight excluding hydrogens is 204 g/mol. The summed E-state index contributed by atoms with van der Waals surface area (Å²) in [6.45, 7) is 6.59. The maximum atomic E-state index is 11.4. The molecule has 1 amide bonds. The lowest BCUT2D eigenvalue weighted by Crippen LogP contribution is -2.35. The average Bonchev–Trinajstić information content (AvgIpc) is 2.32. The SMILES string of the molecule is CCOCCN1CCNCCC1=O.Cl. The second kappa shape index (κ2) is 8.03. The highest BCUT2D eigenvalue weighted by atomic mass is 35.5. The van der Waals surface area contributed by atoms with Gasteiger partial charge in [-0.3, -0.25) is 4.79 Å². The molecule has 0 unspecified atom stereocenters. The molecule has 1 N–H and O–H groups in total. The van der Waals surface area contributed by atoms with Crippen LogP contribution in [-0.4, -0.2) is 50.2 Å². The normalized spacial score (nSPS) is 17.5. The summed E-state index contributed by atoms with van der Waals surface area (Å²) < 4.78 is 5.21. The Hall–Kier alpha value is -0.320. The minimum absolute atomic E-state index is 0. The van der Waals surface area contributed by atoms with Crippen LogP contribution in [0.4, 0.5) is 0 Å². The highest BCUT2D eigenvalue weighted by Crippen LogP contribution is 1.97. The molecular formula is C9H19ClN2O2. The maximum absolute atomic E-state index is 11.4. The van der Waals surface area contributed by atoms with Crippen molar-refractivity contribution in [2.24, 2.45) is 0 Å². The van der Waals surface area contributed by atoms with Gasteiger partial charge in [0.05, 0.1) is 6.61 Å². The van der Waals surface area contributed by atoms with Crippen molar-refractivity contribution in [1.82, 2.24) is 10.2 Å². The van der Waals surface area contributed by atoms with E-state index in [1.807, 2.05) is 11.8 Å². The molecule has 4 nitrogen and oxygen atoms in total. The molecule has 0 aromatic heterocycles. The molecule has 84 valence electrons. The van der Waals surface area contributed by atoms with Crippen molar-refractivity contribution in [1.29, 1.82) is 0 Å². The third-order valence-corrected chi connectivity index (χ3v) is 2.14. The number of hydrogen-bond donors (Lipinski definition) is 1. The van der Waals surface area contributed by atoms with E-state index in [0.717, 1.165) is 32.8 Å². The molecule has 1 aliphatic heterocycles. The van der Waals surface area contributed by atoms with Gasteiger partial charge in [0.25, 0.3) is 0 Å². The minimum Gasteiger partial charge on any atom is -0.380 e. The van der Waals surface area contributed by atoms with Crippen LogP contribution >= 0.6 is 12.4 Å². The monoisotopic (exact) mass is 222 g/mol. The molecule has 1 heterocycles. The van der Waals surface area contributed by atoms with Gasteiger partial charge in [0.15, 0.2) is 0 Å². The van der Waals surface area contributed by atoms with E-state index in [2.05, 4.69) is 5.32 Å². The van der Waals surface area contributed by atoms with Gasteiger partial charge in [-0.25, -0.2) is 0 Å². The number of amides is 1. The predicted molar refractivity (Wildman–Crippen MR) is 57.8 cm³/mol. The van der Waals surface area contributed by atoms with E-state index in [1.54, 1.807) is 0 Å². The molecule has 0 bridgehead atoms. The van der Waals surface area contributed by atoms with Gasteiger partial charge < -0.3 is 15.0 Å². The van der Waals surface area contributed by atoms with E-state index in [-0.39, 0.29) is 18.3 Å². The standard InChI is InChI=1S/C9H18N2O2.ClH/c1-2-13-8-7-11-6-5-10-4-3-9(11)12;/h10H,2-8H2,1H3;1H. The summed E-state index contributed by atoms with van der Waals surface area (Å²) >= 11 is 0. The topological polar surface area (TPSA) is 41.6 Å². The summed E-state index contributed by atoms with van der Waals surface area (Å²) in [6.07, 6.45) is 0.617. The van der Waals surface area contributed by atoms with Crippen molar-refractivity contribution in [3.8, 4) is 0 Å². The number of hydrogen-bond acceptors (Lipinski definition) is 3. The van der Waals surface area contributed by atoms with Gasteiger partial charge in [-0.05, 0) is 6.92 Å². The Labute approximate surface area is 91.4 Å². The van der Waals surface area contributed by atoms with Crippen molar-refractivity contribution in [2.45, 2.75) is 13.3 Å². The fourth-order valence-electron chi connectivity index (χ4n) is 1.37. The zero-order valence-corrected chi connectivity index (χ0v) is 9.44. The molecule has 0 aromatic carbocycles. The Morgan fingerprint density at radius 3 is 3.00 bits per heavy atom. The van der Waals surface area contributed by atoms with E-state index in [4.69, 9.17) is 4.74 Å². The van der Waals surface area contributed by atoms with Crippen LogP contribution in [0.25, 0.3) is 0 Å². The zero-order chi connectivity index (χ0) is 9.52. The van der Waals surface area contributed by atoms with Crippen molar-refractivity contribution in [3.63, 3.8) is 0 Å². The second-order valence-corrected chi connectivity index (χ2v) is 3.08. The van der Waals surface area contributed by atoms with Crippen molar-refractivity contribution in [3.05, 3.63) is 0 Å². The number of rotatable bonds is 4. The van der Waals surface area contributed by atoms with Crippen LogP contribution < -0.4 is 5.32 Å². The number of carbonyl (C=O) groups excluding carboxylic acids is 1. The molecule has 0 radical (unpaired) electrons. The summed E-state index contributed by atoms with van der Waals surface area (Å²) in [5.41, 5.74) is 0. The predicted octanol–water partition coefficient (Wildman–Crippen LogP) is 0.267. The number of ether oxygens (including phenoxy) is 1. The van der Waals surface area contributed by atoms with Gasteiger partial charge in [-0.1, -0.05) is 0 Å².